The van der Waals surface area contributed by atoms with Crippen LogP contribution < -0.4 is 0 Å². The highest BCUT2D eigenvalue weighted by Crippen LogP contribution is 2.23. The van der Waals surface area contributed by atoms with E-state index in [9.17, 15) is 14.7 Å². The number of carbonyl (C=O) groups is 2. The Balaban J connectivity index is 4.82. The molecule has 5 heteroatoms. The van der Waals surface area contributed by atoms with Gasteiger partial charge < -0.3 is 14.7 Å². The van der Waals surface area contributed by atoms with Gasteiger partial charge in [-0.3, -0.25) is 4.79 Å². The second-order valence-electron chi connectivity index (χ2n) is 4.72. The Morgan fingerprint density at radius 1 is 1.39 bits per heavy atom. The number of allylic oxidation sites excluding steroid dienone is 1. The molecule has 18 heavy (non-hydrogen) atoms. The molecular formula is C13H23NO4. The van der Waals surface area contributed by atoms with E-state index in [4.69, 9.17) is 4.74 Å². The van der Waals surface area contributed by atoms with E-state index in [-0.39, 0.29) is 18.8 Å². The number of nitrogens with zero attached hydrogens (tertiary/aromatic N) is 1. The number of ketones is 1. The molecule has 1 unspecified atom stereocenters. The quantitative estimate of drug-likeness (QED) is 0.544. The van der Waals surface area contributed by atoms with Gasteiger partial charge in [-0.05, 0) is 18.9 Å². The summed E-state index contributed by atoms with van der Waals surface area (Å²) in [5, 5.41) is 10.3. The van der Waals surface area contributed by atoms with Crippen LogP contribution in [0.4, 0.5) is 0 Å². The minimum atomic E-state index is -1.76. The Bertz CT molecular complexity index is 323. The van der Waals surface area contributed by atoms with Crippen molar-refractivity contribution in [1.82, 2.24) is 4.90 Å². The van der Waals surface area contributed by atoms with Gasteiger partial charge in [-0.2, -0.15) is 0 Å². The summed E-state index contributed by atoms with van der Waals surface area (Å²) >= 11 is 0. The predicted molar refractivity (Wildman–Crippen MR) is 68.9 cm³/mol. The van der Waals surface area contributed by atoms with Crippen molar-refractivity contribution in [2.24, 2.45) is 5.92 Å². The molecule has 0 radical (unpaired) electrons. The van der Waals surface area contributed by atoms with Crippen molar-refractivity contribution in [2.45, 2.75) is 32.8 Å². The second-order valence-corrected chi connectivity index (χ2v) is 4.72. The number of carbonyl (C=O) groups excluding carboxylic acids is 2. The van der Waals surface area contributed by atoms with Gasteiger partial charge in [0.2, 0.25) is 0 Å². The van der Waals surface area contributed by atoms with E-state index in [0.717, 1.165) is 0 Å². The summed E-state index contributed by atoms with van der Waals surface area (Å²) in [5.74, 6) is -1.45. The molecule has 104 valence electrons. The molecular weight excluding hydrogens is 234 g/mol. The van der Waals surface area contributed by atoms with Gasteiger partial charge in [0.05, 0.1) is 13.0 Å². The molecule has 0 rings (SSSR count). The molecule has 0 aliphatic heterocycles. The number of rotatable bonds is 7. The van der Waals surface area contributed by atoms with Crippen molar-refractivity contribution < 1.29 is 19.4 Å². The van der Waals surface area contributed by atoms with Crippen LogP contribution in [0, 0.1) is 5.92 Å². The van der Waals surface area contributed by atoms with Crippen LogP contribution in [-0.4, -0.2) is 48.1 Å². The average molecular weight is 257 g/mol. The van der Waals surface area contributed by atoms with Crippen LogP contribution in [0.1, 0.15) is 27.2 Å². The van der Waals surface area contributed by atoms with E-state index in [2.05, 4.69) is 0 Å². The summed E-state index contributed by atoms with van der Waals surface area (Å²) in [5.41, 5.74) is -1.76. The lowest BCUT2D eigenvalue weighted by atomic mass is 9.85. The Morgan fingerprint density at radius 2 is 1.94 bits per heavy atom. The molecule has 0 saturated carbocycles. The lowest BCUT2D eigenvalue weighted by molar-refractivity contribution is -0.172. The molecule has 1 atom stereocenters. The molecule has 0 spiro atoms. The minimum absolute atomic E-state index is 0.176. The summed E-state index contributed by atoms with van der Waals surface area (Å²) in [7, 11) is 3.56. The molecule has 0 aliphatic carbocycles. The normalized spacial score (nSPS) is 14.6. The smallest absolute Gasteiger partial charge is 0.338 e. The summed E-state index contributed by atoms with van der Waals surface area (Å²) in [6.45, 7) is 5.20. The average Bonchev–Trinajstić information content (AvgIpc) is 2.26. The standard InChI is InChI=1S/C13H23NO4/c1-6-18-12(16)13(17,10(2)3)9-11(15)7-8-14(4)5/h7-8,10,17H,6,9H2,1-5H3/b8-7+. The van der Waals surface area contributed by atoms with Crippen LogP contribution in [0.15, 0.2) is 12.3 Å². The van der Waals surface area contributed by atoms with E-state index in [0.29, 0.717) is 0 Å². The van der Waals surface area contributed by atoms with Crippen LogP contribution in [0.2, 0.25) is 0 Å². The summed E-state index contributed by atoms with van der Waals surface area (Å²) < 4.78 is 4.82. The number of hydrogen-bond acceptors (Lipinski definition) is 5. The number of ether oxygens (including phenoxy) is 1. The van der Waals surface area contributed by atoms with Gasteiger partial charge in [0.1, 0.15) is 0 Å². The van der Waals surface area contributed by atoms with Crippen LogP contribution in [0.5, 0.6) is 0 Å². The van der Waals surface area contributed by atoms with Crippen molar-refractivity contribution in [1.29, 1.82) is 0 Å². The van der Waals surface area contributed by atoms with E-state index in [1.807, 2.05) is 0 Å². The SMILES string of the molecule is CCOC(=O)C(O)(CC(=O)/C=C/N(C)C)C(C)C. The third-order valence-electron chi connectivity index (χ3n) is 2.59. The van der Waals surface area contributed by atoms with Gasteiger partial charge in [0, 0.05) is 20.3 Å². The van der Waals surface area contributed by atoms with Crippen molar-refractivity contribution in [3.05, 3.63) is 12.3 Å². The second kappa shape index (κ2) is 7.16. The highest BCUT2D eigenvalue weighted by molar-refractivity contribution is 5.95. The molecule has 0 aromatic rings. The zero-order valence-electron chi connectivity index (χ0n) is 11.8. The van der Waals surface area contributed by atoms with E-state index >= 15 is 0 Å². The maximum atomic E-state index is 11.7. The third-order valence-corrected chi connectivity index (χ3v) is 2.59. The van der Waals surface area contributed by atoms with E-state index < -0.39 is 17.5 Å². The molecule has 0 aliphatic rings. The maximum absolute atomic E-state index is 11.7. The first-order valence-electron chi connectivity index (χ1n) is 6.01. The topological polar surface area (TPSA) is 66.8 Å². The zero-order chi connectivity index (χ0) is 14.3. The predicted octanol–water partition coefficient (Wildman–Crippen LogP) is 0.971. The first-order valence-corrected chi connectivity index (χ1v) is 6.01. The van der Waals surface area contributed by atoms with Gasteiger partial charge >= 0.3 is 5.97 Å². The van der Waals surface area contributed by atoms with Crippen molar-refractivity contribution >= 4 is 11.8 Å². The fourth-order valence-corrected chi connectivity index (χ4v) is 1.32. The van der Waals surface area contributed by atoms with Crippen LogP contribution >= 0.6 is 0 Å². The van der Waals surface area contributed by atoms with Crippen LogP contribution in [-0.2, 0) is 14.3 Å². The van der Waals surface area contributed by atoms with Gasteiger partial charge in [-0.15, -0.1) is 0 Å². The molecule has 0 aromatic heterocycles. The van der Waals surface area contributed by atoms with Gasteiger partial charge in [0.25, 0.3) is 0 Å². The van der Waals surface area contributed by atoms with Crippen molar-refractivity contribution in [3.63, 3.8) is 0 Å². The first-order chi connectivity index (χ1) is 8.24. The van der Waals surface area contributed by atoms with Crippen molar-refractivity contribution in [3.8, 4) is 0 Å². The first kappa shape index (κ1) is 16.6. The summed E-state index contributed by atoms with van der Waals surface area (Å²) in [4.78, 5) is 25.1. The highest BCUT2D eigenvalue weighted by Gasteiger charge is 2.42. The molecule has 0 aromatic carbocycles. The van der Waals surface area contributed by atoms with E-state index in [1.54, 1.807) is 46.0 Å². The molecule has 0 bridgehead atoms. The lowest BCUT2D eigenvalue weighted by Gasteiger charge is -2.28. The molecule has 0 amide bonds. The van der Waals surface area contributed by atoms with Gasteiger partial charge in [-0.1, -0.05) is 13.8 Å². The Morgan fingerprint density at radius 3 is 2.33 bits per heavy atom. The Hall–Kier alpha value is -1.36. The fraction of sp³-hybridized carbons (Fsp3) is 0.692. The summed E-state index contributed by atoms with van der Waals surface area (Å²) in [6, 6.07) is 0. The van der Waals surface area contributed by atoms with Crippen molar-refractivity contribution in [2.75, 3.05) is 20.7 Å². The minimum Gasteiger partial charge on any atom is -0.464 e. The van der Waals surface area contributed by atoms with Gasteiger partial charge in [0.15, 0.2) is 11.4 Å². The molecule has 0 heterocycles. The largest absolute Gasteiger partial charge is 0.464 e. The molecule has 1 N–H and O–H groups in total. The van der Waals surface area contributed by atoms with Crippen LogP contribution in [0.3, 0.4) is 0 Å². The maximum Gasteiger partial charge on any atom is 0.338 e. The summed E-state index contributed by atoms with van der Waals surface area (Å²) in [6.07, 6.45) is 2.65. The number of esters is 1. The van der Waals surface area contributed by atoms with Crippen LogP contribution in [0.25, 0.3) is 0 Å². The molecule has 5 nitrogen and oxygen atoms in total. The lowest BCUT2D eigenvalue weighted by Crippen LogP contribution is -2.46. The number of aliphatic hydroxyl groups is 1. The van der Waals surface area contributed by atoms with Gasteiger partial charge in [-0.25, -0.2) is 4.79 Å². The molecule has 0 fully saturated rings. The molecule has 0 saturated heterocycles. The Kier molecular flexibility index (Phi) is 6.62. The fourth-order valence-electron chi connectivity index (χ4n) is 1.32. The third kappa shape index (κ3) is 4.87. The zero-order valence-corrected chi connectivity index (χ0v) is 11.8. The number of hydrogen-bond donors (Lipinski definition) is 1. The monoisotopic (exact) mass is 257 g/mol. The van der Waals surface area contributed by atoms with E-state index in [1.165, 1.54) is 6.08 Å². The Labute approximate surface area is 108 Å². The highest BCUT2D eigenvalue weighted by atomic mass is 16.5.